The molecule has 1 atom stereocenters. The standard InChI is InChI=1S/C20H24F2N2O4S/c21-19(22)12-24-10-6-16-17(24)2-1-3-18(16)28-15-4-8-23(9-5-15)20(25)14-7-11-29(26,27)13-14/h1-3,6,10,14-15,19H,4-5,7-9,11-13H2. The van der Waals surface area contributed by atoms with Crippen molar-refractivity contribution in [2.75, 3.05) is 24.6 Å². The first kappa shape index (κ1) is 20.1. The molecule has 0 aliphatic carbocycles. The largest absolute Gasteiger partial charge is 0.490 e. The first-order valence-corrected chi connectivity index (χ1v) is 11.7. The maximum atomic E-state index is 12.7. The van der Waals surface area contributed by atoms with Crippen LogP contribution in [-0.2, 0) is 21.2 Å². The predicted molar refractivity (Wildman–Crippen MR) is 105 cm³/mol. The van der Waals surface area contributed by atoms with E-state index in [4.69, 9.17) is 4.74 Å². The molecular weight excluding hydrogens is 402 g/mol. The SMILES string of the molecule is O=C(C1CCS(=O)(=O)C1)N1CCC(Oc2cccc3c2ccn3CC(F)F)CC1. The van der Waals surface area contributed by atoms with Crippen LogP contribution in [0.5, 0.6) is 5.75 Å². The summed E-state index contributed by atoms with van der Waals surface area (Å²) in [6, 6.07) is 7.20. The summed E-state index contributed by atoms with van der Waals surface area (Å²) in [6.07, 6.45) is 0.858. The lowest BCUT2D eigenvalue weighted by molar-refractivity contribution is -0.136. The first-order valence-electron chi connectivity index (χ1n) is 9.84. The van der Waals surface area contributed by atoms with Gasteiger partial charge in [0.1, 0.15) is 11.9 Å². The molecule has 9 heteroatoms. The molecule has 1 amide bonds. The number of fused-ring (bicyclic) bond motifs is 1. The molecule has 1 aromatic carbocycles. The fraction of sp³-hybridized carbons (Fsp3) is 0.550. The number of rotatable bonds is 5. The van der Waals surface area contributed by atoms with Crippen molar-refractivity contribution < 1.29 is 26.7 Å². The summed E-state index contributed by atoms with van der Waals surface area (Å²) in [7, 11) is -3.08. The Balaban J connectivity index is 1.38. The lowest BCUT2D eigenvalue weighted by atomic mass is 10.0. The van der Waals surface area contributed by atoms with Gasteiger partial charge in [-0.3, -0.25) is 4.79 Å². The number of likely N-dealkylation sites (tertiary alicyclic amines) is 1. The Hall–Kier alpha value is -2.16. The van der Waals surface area contributed by atoms with Gasteiger partial charge in [0.15, 0.2) is 9.84 Å². The number of sulfone groups is 1. The second-order valence-electron chi connectivity index (χ2n) is 7.79. The van der Waals surface area contributed by atoms with Gasteiger partial charge in [0.05, 0.1) is 29.5 Å². The lowest BCUT2D eigenvalue weighted by Crippen LogP contribution is -2.44. The molecule has 6 nitrogen and oxygen atoms in total. The molecule has 0 N–H and O–H groups in total. The Labute approximate surface area is 168 Å². The monoisotopic (exact) mass is 426 g/mol. The molecule has 4 rings (SSSR count). The number of carbonyl (C=O) groups excluding carboxylic acids is 1. The summed E-state index contributed by atoms with van der Waals surface area (Å²) < 4.78 is 56.4. The van der Waals surface area contributed by atoms with Crippen LogP contribution >= 0.6 is 0 Å². The molecule has 0 bridgehead atoms. The van der Waals surface area contributed by atoms with E-state index < -0.39 is 22.2 Å². The Morgan fingerprint density at radius 2 is 1.93 bits per heavy atom. The van der Waals surface area contributed by atoms with Crippen LogP contribution < -0.4 is 4.74 Å². The highest BCUT2D eigenvalue weighted by molar-refractivity contribution is 7.91. The molecular formula is C20H24F2N2O4S. The van der Waals surface area contributed by atoms with Crippen molar-refractivity contribution >= 4 is 26.6 Å². The van der Waals surface area contributed by atoms with Gasteiger partial charge < -0.3 is 14.2 Å². The Morgan fingerprint density at radius 3 is 2.59 bits per heavy atom. The van der Waals surface area contributed by atoms with E-state index in [9.17, 15) is 22.0 Å². The summed E-state index contributed by atoms with van der Waals surface area (Å²) in [5, 5.41) is 0.794. The maximum Gasteiger partial charge on any atom is 0.256 e. The van der Waals surface area contributed by atoms with Crippen molar-refractivity contribution in [3.63, 3.8) is 0 Å². The number of nitrogens with zero attached hydrogens (tertiary/aromatic N) is 2. The highest BCUT2D eigenvalue weighted by atomic mass is 32.2. The topological polar surface area (TPSA) is 68.6 Å². The number of piperidine rings is 1. The highest BCUT2D eigenvalue weighted by Gasteiger charge is 2.36. The first-order chi connectivity index (χ1) is 13.8. The molecule has 2 aliphatic rings. The normalized spacial score (nSPS) is 22.4. The zero-order valence-corrected chi connectivity index (χ0v) is 16.8. The third kappa shape index (κ3) is 4.39. The van der Waals surface area contributed by atoms with E-state index in [2.05, 4.69) is 0 Å². The zero-order valence-electron chi connectivity index (χ0n) is 16.0. The van der Waals surface area contributed by atoms with Gasteiger partial charge in [-0.1, -0.05) is 6.07 Å². The van der Waals surface area contributed by atoms with Crippen LogP contribution in [0.2, 0.25) is 0 Å². The van der Waals surface area contributed by atoms with Gasteiger partial charge in [0, 0.05) is 37.5 Å². The van der Waals surface area contributed by atoms with Crippen molar-refractivity contribution in [2.24, 2.45) is 5.92 Å². The van der Waals surface area contributed by atoms with E-state index in [0.717, 1.165) is 5.39 Å². The van der Waals surface area contributed by atoms with Gasteiger partial charge in [-0.05, 0) is 24.6 Å². The van der Waals surface area contributed by atoms with Crippen LogP contribution in [0, 0.1) is 5.92 Å². The van der Waals surface area contributed by atoms with Gasteiger partial charge >= 0.3 is 0 Å². The molecule has 2 saturated heterocycles. The van der Waals surface area contributed by atoms with Gasteiger partial charge in [0.2, 0.25) is 5.91 Å². The molecule has 0 radical (unpaired) electrons. The third-order valence-electron chi connectivity index (χ3n) is 5.74. The lowest BCUT2D eigenvalue weighted by Gasteiger charge is -2.33. The summed E-state index contributed by atoms with van der Waals surface area (Å²) in [6.45, 7) is 0.704. The molecule has 1 unspecified atom stereocenters. The van der Waals surface area contributed by atoms with Crippen molar-refractivity contribution in [1.82, 2.24) is 9.47 Å². The average Bonchev–Trinajstić information content (AvgIpc) is 3.25. The summed E-state index contributed by atoms with van der Waals surface area (Å²) in [5.41, 5.74) is 0.706. The Morgan fingerprint density at radius 1 is 1.17 bits per heavy atom. The van der Waals surface area contributed by atoms with Crippen LogP contribution in [0.25, 0.3) is 10.9 Å². The van der Waals surface area contributed by atoms with E-state index in [-0.39, 0.29) is 30.1 Å². The quantitative estimate of drug-likeness (QED) is 0.737. The van der Waals surface area contributed by atoms with Gasteiger partial charge in [0.25, 0.3) is 6.43 Å². The predicted octanol–water partition coefficient (Wildman–Crippen LogP) is 2.71. The molecule has 158 valence electrons. The van der Waals surface area contributed by atoms with Gasteiger partial charge in [-0.2, -0.15) is 0 Å². The van der Waals surface area contributed by atoms with Gasteiger partial charge in [-0.15, -0.1) is 0 Å². The van der Waals surface area contributed by atoms with E-state index in [1.165, 1.54) is 4.57 Å². The minimum Gasteiger partial charge on any atom is -0.490 e. The fourth-order valence-corrected chi connectivity index (χ4v) is 5.96. The summed E-state index contributed by atoms with van der Waals surface area (Å²) >= 11 is 0. The van der Waals surface area contributed by atoms with Crippen molar-refractivity contribution in [3.05, 3.63) is 30.5 Å². The number of hydrogen-bond acceptors (Lipinski definition) is 4. The maximum absolute atomic E-state index is 12.7. The number of halogens is 2. The summed E-state index contributed by atoms with van der Waals surface area (Å²) in [5.74, 6) is 0.219. The number of carbonyl (C=O) groups is 1. The van der Waals surface area contributed by atoms with Crippen molar-refractivity contribution in [1.29, 1.82) is 0 Å². The minimum absolute atomic E-state index is 0.0418. The van der Waals surface area contributed by atoms with E-state index in [1.807, 2.05) is 6.07 Å². The number of hydrogen-bond donors (Lipinski definition) is 0. The van der Waals surface area contributed by atoms with Crippen LogP contribution in [0.3, 0.4) is 0 Å². The highest BCUT2D eigenvalue weighted by Crippen LogP contribution is 2.30. The fourth-order valence-electron chi connectivity index (χ4n) is 4.23. The molecule has 2 aliphatic heterocycles. The van der Waals surface area contributed by atoms with E-state index >= 15 is 0 Å². The van der Waals surface area contributed by atoms with Crippen LogP contribution in [0.1, 0.15) is 19.3 Å². The number of amides is 1. The average molecular weight is 426 g/mol. The Kier molecular flexibility index (Phi) is 5.50. The van der Waals surface area contributed by atoms with E-state index in [1.54, 1.807) is 29.3 Å². The van der Waals surface area contributed by atoms with Crippen LogP contribution in [-0.4, -0.2) is 60.9 Å². The second kappa shape index (κ2) is 7.93. The van der Waals surface area contributed by atoms with Crippen LogP contribution in [0.4, 0.5) is 8.78 Å². The third-order valence-corrected chi connectivity index (χ3v) is 7.51. The molecule has 1 aromatic heterocycles. The number of benzene rings is 1. The molecule has 0 saturated carbocycles. The number of aromatic nitrogens is 1. The van der Waals surface area contributed by atoms with Crippen LogP contribution in [0.15, 0.2) is 30.5 Å². The van der Waals surface area contributed by atoms with Gasteiger partial charge in [-0.25, -0.2) is 17.2 Å². The molecule has 2 aromatic rings. The molecule has 0 spiro atoms. The van der Waals surface area contributed by atoms with Crippen molar-refractivity contribution in [3.8, 4) is 5.75 Å². The Bertz CT molecular complexity index is 997. The second-order valence-corrected chi connectivity index (χ2v) is 10.0. The molecule has 2 fully saturated rings. The van der Waals surface area contributed by atoms with E-state index in [0.29, 0.717) is 43.6 Å². The summed E-state index contributed by atoms with van der Waals surface area (Å²) in [4.78, 5) is 14.3. The number of alkyl halides is 2. The molecule has 29 heavy (non-hydrogen) atoms. The minimum atomic E-state index is -3.08. The smallest absolute Gasteiger partial charge is 0.256 e. The zero-order chi connectivity index (χ0) is 20.6. The molecule has 3 heterocycles. The number of ether oxygens (including phenoxy) is 1. The van der Waals surface area contributed by atoms with Crippen molar-refractivity contribution in [2.45, 2.75) is 38.3 Å².